The van der Waals surface area contributed by atoms with Gasteiger partial charge in [0.15, 0.2) is 11.5 Å². The van der Waals surface area contributed by atoms with Crippen LogP contribution in [0, 0.1) is 6.92 Å². The Morgan fingerprint density at radius 2 is 1.93 bits per heavy atom. The van der Waals surface area contributed by atoms with E-state index in [9.17, 15) is 4.79 Å². The Morgan fingerprint density at radius 1 is 1.13 bits per heavy atom. The van der Waals surface area contributed by atoms with E-state index in [4.69, 9.17) is 9.47 Å². The highest BCUT2D eigenvalue weighted by Gasteiger charge is 2.30. The van der Waals surface area contributed by atoms with Crippen LogP contribution < -0.4 is 25.8 Å². The molecule has 0 bridgehead atoms. The SMILES string of the molecule is COc1ccc(C2CC(C(=O)N/N=C/c3c(C)[nH]c4ccccc34)NN2)cc1OC. The van der Waals surface area contributed by atoms with E-state index in [1.807, 2.05) is 49.4 Å². The van der Waals surface area contributed by atoms with Crippen molar-refractivity contribution in [2.75, 3.05) is 14.2 Å². The number of aromatic nitrogens is 1. The minimum Gasteiger partial charge on any atom is -0.493 e. The summed E-state index contributed by atoms with van der Waals surface area (Å²) in [6.07, 6.45) is 2.27. The second kappa shape index (κ2) is 8.56. The average molecular weight is 407 g/mol. The van der Waals surface area contributed by atoms with Crippen molar-refractivity contribution in [3.63, 3.8) is 0 Å². The number of hydrogen-bond acceptors (Lipinski definition) is 6. The van der Waals surface area contributed by atoms with Crippen LogP contribution in [0.2, 0.25) is 0 Å². The average Bonchev–Trinajstić information content (AvgIpc) is 3.38. The van der Waals surface area contributed by atoms with Crippen LogP contribution in [0.3, 0.4) is 0 Å². The van der Waals surface area contributed by atoms with Crippen LogP contribution >= 0.6 is 0 Å². The molecule has 8 nitrogen and oxygen atoms in total. The molecular formula is C22H25N5O3. The number of carbonyl (C=O) groups is 1. The number of nitrogens with zero attached hydrogens (tertiary/aromatic N) is 1. The molecule has 2 heterocycles. The van der Waals surface area contributed by atoms with Gasteiger partial charge in [-0.2, -0.15) is 5.10 Å². The minimum absolute atomic E-state index is 0.0274. The van der Waals surface area contributed by atoms with Crippen molar-refractivity contribution in [1.82, 2.24) is 21.3 Å². The van der Waals surface area contributed by atoms with Gasteiger partial charge in [-0.1, -0.05) is 24.3 Å². The Labute approximate surface area is 174 Å². The van der Waals surface area contributed by atoms with Gasteiger partial charge in [-0.15, -0.1) is 0 Å². The molecule has 2 aromatic carbocycles. The van der Waals surface area contributed by atoms with Gasteiger partial charge < -0.3 is 14.5 Å². The third-order valence-electron chi connectivity index (χ3n) is 5.34. The normalized spacial score (nSPS) is 18.8. The van der Waals surface area contributed by atoms with Gasteiger partial charge in [-0.3, -0.25) is 4.79 Å². The molecule has 0 saturated carbocycles. The molecule has 0 spiro atoms. The van der Waals surface area contributed by atoms with Crippen molar-refractivity contribution in [3.05, 3.63) is 59.3 Å². The molecule has 1 amide bonds. The second-order valence-electron chi connectivity index (χ2n) is 7.19. The maximum atomic E-state index is 12.5. The maximum Gasteiger partial charge on any atom is 0.258 e. The van der Waals surface area contributed by atoms with Gasteiger partial charge >= 0.3 is 0 Å². The predicted molar refractivity (Wildman–Crippen MR) is 116 cm³/mol. The lowest BCUT2D eigenvalue weighted by molar-refractivity contribution is -0.122. The number of methoxy groups -OCH3 is 2. The van der Waals surface area contributed by atoms with E-state index in [2.05, 4.69) is 26.4 Å². The van der Waals surface area contributed by atoms with Gasteiger partial charge in [0.2, 0.25) is 0 Å². The molecule has 2 unspecified atom stereocenters. The van der Waals surface area contributed by atoms with Crippen molar-refractivity contribution >= 4 is 23.0 Å². The Kier molecular flexibility index (Phi) is 5.69. The fraction of sp³-hybridized carbons (Fsp3) is 0.273. The Balaban J connectivity index is 1.39. The summed E-state index contributed by atoms with van der Waals surface area (Å²) < 4.78 is 10.6. The Bertz CT molecular complexity index is 1090. The third-order valence-corrected chi connectivity index (χ3v) is 5.34. The zero-order valence-corrected chi connectivity index (χ0v) is 17.2. The molecular weight excluding hydrogens is 382 g/mol. The summed E-state index contributed by atoms with van der Waals surface area (Å²) in [7, 11) is 3.21. The van der Waals surface area contributed by atoms with Crippen molar-refractivity contribution in [1.29, 1.82) is 0 Å². The summed E-state index contributed by atoms with van der Waals surface area (Å²) in [5, 5.41) is 5.24. The lowest BCUT2D eigenvalue weighted by atomic mass is 10.0. The number of benzene rings is 2. The van der Waals surface area contributed by atoms with E-state index in [0.29, 0.717) is 17.9 Å². The van der Waals surface area contributed by atoms with Crippen molar-refractivity contribution in [3.8, 4) is 11.5 Å². The first kappa shape index (κ1) is 19.9. The molecule has 1 aliphatic rings. The van der Waals surface area contributed by atoms with Gasteiger partial charge in [-0.25, -0.2) is 16.3 Å². The zero-order valence-electron chi connectivity index (χ0n) is 17.2. The lowest BCUT2D eigenvalue weighted by Crippen LogP contribution is -2.41. The fourth-order valence-electron chi connectivity index (χ4n) is 3.72. The van der Waals surface area contributed by atoms with Gasteiger partial charge in [-0.05, 0) is 37.1 Å². The third kappa shape index (κ3) is 3.87. The minimum atomic E-state index is -0.399. The maximum absolute atomic E-state index is 12.5. The molecule has 1 fully saturated rings. The number of hydrazone groups is 1. The largest absolute Gasteiger partial charge is 0.493 e. The highest BCUT2D eigenvalue weighted by molar-refractivity contribution is 6.00. The molecule has 2 atom stereocenters. The van der Waals surface area contributed by atoms with Crippen molar-refractivity contribution in [2.45, 2.75) is 25.4 Å². The van der Waals surface area contributed by atoms with E-state index in [0.717, 1.165) is 27.7 Å². The highest BCUT2D eigenvalue weighted by Crippen LogP contribution is 2.32. The number of aromatic amines is 1. The fourth-order valence-corrected chi connectivity index (χ4v) is 3.72. The summed E-state index contributed by atoms with van der Waals surface area (Å²) in [4.78, 5) is 15.9. The molecule has 1 saturated heterocycles. The predicted octanol–water partition coefficient (Wildman–Crippen LogP) is 2.55. The molecule has 1 aliphatic heterocycles. The Morgan fingerprint density at radius 3 is 2.73 bits per heavy atom. The number of nitrogens with one attached hydrogen (secondary N) is 4. The van der Waals surface area contributed by atoms with Gasteiger partial charge in [0.25, 0.3) is 5.91 Å². The quantitative estimate of drug-likeness (QED) is 0.372. The van der Waals surface area contributed by atoms with Crippen LogP contribution in [0.25, 0.3) is 10.9 Å². The molecule has 8 heteroatoms. The first-order chi connectivity index (χ1) is 14.6. The first-order valence-corrected chi connectivity index (χ1v) is 9.74. The number of para-hydroxylation sites is 1. The lowest BCUT2D eigenvalue weighted by Gasteiger charge is -2.13. The second-order valence-corrected chi connectivity index (χ2v) is 7.19. The summed E-state index contributed by atoms with van der Waals surface area (Å²) in [6.45, 7) is 1.99. The van der Waals surface area contributed by atoms with Crippen LogP contribution in [0.4, 0.5) is 0 Å². The van der Waals surface area contributed by atoms with Crippen LogP contribution in [-0.2, 0) is 4.79 Å². The number of aryl methyl sites for hydroxylation is 1. The number of hydrazine groups is 1. The van der Waals surface area contributed by atoms with E-state index in [1.165, 1.54) is 0 Å². The van der Waals surface area contributed by atoms with Crippen LogP contribution in [0.1, 0.15) is 29.3 Å². The Hall–Kier alpha value is -3.36. The number of ether oxygens (including phenoxy) is 2. The summed E-state index contributed by atoms with van der Waals surface area (Å²) in [5.41, 5.74) is 12.9. The van der Waals surface area contributed by atoms with Crippen LogP contribution in [0.5, 0.6) is 11.5 Å². The summed E-state index contributed by atoms with van der Waals surface area (Å²) in [5.74, 6) is 1.13. The zero-order chi connectivity index (χ0) is 21.1. The monoisotopic (exact) mass is 407 g/mol. The molecule has 4 N–H and O–H groups in total. The molecule has 0 aliphatic carbocycles. The molecule has 156 valence electrons. The molecule has 30 heavy (non-hydrogen) atoms. The smallest absolute Gasteiger partial charge is 0.258 e. The van der Waals surface area contributed by atoms with E-state index >= 15 is 0 Å². The highest BCUT2D eigenvalue weighted by atomic mass is 16.5. The standard InChI is InChI=1S/C22H25N5O3/c1-13-16(15-6-4-5-7-17(15)24-13)12-23-27-22(28)19-11-18(25-26-19)14-8-9-20(29-2)21(10-14)30-3/h4-10,12,18-19,24-26H,11H2,1-3H3,(H,27,28)/b23-12+. The van der Waals surface area contributed by atoms with E-state index < -0.39 is 6.04 Å². The first-order valence-electron chi connectivity index (χ1n) is 9.74. The van der Waals surface area contributed by atoms with Crippen LogP contribution in [-0.4, -0.2) is 37.4 Å². The van der Waals surface area contributed by atoms with Gasteiger partial charge in [0.05, 0.1) is 20.4 Å². The summed E-state index contributed by atoms with van der Waals surface area (Å²) >= 11 is 0. The van der Waals surface area contributed by atoms with Crippen molar-refractivity contribution < 1.29 is 14.3 Å². The number of hydrogen-bond donors (Lipinski definition) is 4. The summed E-state index contributed by atoms with van der Waals surface area (Å²) in [6, 6.07) is 13.3. The topological polar surface area (TPSA) is 99.8 Å². The van der Waals surface area contributed by atoms with E-state index in [1.54, 1.807) is 20.4 Å². The van der Waals surface area contributed by atoms with Gasteiger partial charge in [0, 0.05) is 28.2 Å². The molecule has 3 aromatic rings. The molecule has 4 rings (SSSR count). The number of fused-ring (bicyclic) bond motifs is 1. The number of H-pyrrole nitrogens is 1. The number of carbonyl (C=O) groups excluding carboxylic acids is 1. The van der Waals surface area contributed by atoms with E-state index in [-0.39, 0.29) is 11.9 Å². The van der Waals surface area contributed by atoms with Crippen LogP contribution in [0.15, 0.2) is 47.6 Å². The van der Waals surface area contributed by atoms with Gasteiger partial charge in [0.1, 0.15) is 6.04 Å². The molecule has 1 aromatic heterocycles. The number of amides is 1. The van der Waals surface area contributed by atoms with Crippen molar-refractivity contribution in [2.24, 2.45) is 5.10 Å². The molecule has 0 radical (unpaired) electrons. The number of rotatable bonds is 6.